The second-order valence-corrected chi connectivity index (χ2v) is 20.3. The summed E-state index contributed by atoms with van der Waals surface area (Å²) in [7, 11) is 12.8. The van der Waals surface area contributed by atoms with Crippen LogP contribution in [0.25, 0.3) is 0 Å². The first-order chi connectivity index (χ1) is 28.8. The van der Waals surface area contributed by atoms with Crippen molar-refractivity contribution in [2.45, 2.75) is 194 Å². The third kappa shape index (κ3) is 50.7. The number of nitrogens with one attached hydrogen (secondary N) is 3. The lowest BCUT2D eigenvalue weighted by Crippen LogP contribution is -3.00. The Morgan fingerprint density at radius 1 is 0.339 bits per heavy atom. The Balaban J connectivity index is -0.0000174. The van der Waals surface area contributed by atoms with E-state index in [1.54, 1.807) is 0 Å². The van der Waals surface area contributed by atoms with Crippen LogP contribution in [0.2, 0.25) is 0 Å². The Labute approximate surface area is 420 Å². The number of hydrogen-bond acceptors (Lipinski definition) is 5. The Morgan fingerprint density at radius 3 is 0.903 bits per heavy atom. The maximum Gasteiger partial charge on any atom is 0.234 e. The van der Waals surface area contributed by atoms with E-state index in [0.717, 1.165) is 60.8 Å². The lowest BCUT2D eigenvalue weighted by Gasteiger charge is -2.30. The first kappa shape index (κ1) is 66.0. The molecule has 0 aromatic carbocycles. The Kier molecular flexibility index (Phi) is 48.8. The topological polar surface area (TPSA) is 93.8 Å². The van der Waals surface area contributed by atoms with Crippen molar-refractivity contribution in [2.24, 2.45) is 0 Å². The number of unbranched alkanes of at least 4 members (excludes halogenated alkanes) is 26. The Hall–Kier alpha value is -0.290. The van der Waals surface area contributed by atoms with Crippen molar-refractivity contribution in [1.82, 2.24) is 25.8 Å². The van der Waals surface area contributed by atoms with Crippen LogP contribution >= 0.6 is 0 Å². The van der Waals surface area contributed by atoms with Gasteiger partial charge >= 0.3 is 0 Å². The van der Waals surface area contributed by atoms with Crippen LogP contribution in [0, 0.1) is 0 Å². The summed E-state index contributed by atoms with van der Waals surface area (Å²) in [6.07, 6.45) is 36.9. The lowest BCUT2D eigenvalue weighted by atomic mass is 10.0. The maximum absolute atomic E-state index is 13.1. The van der Waals surface area contributed by atoms with E-state index >= 15 is 0 Å². The number of rotatable bonds is 45. The van der Waals surface area contributed by atoms with Gasteiger partial charge in [-0.2, -0.15) is 0 Å². The molecule has 0 saturated carbocycles. The van der Waals surface area contributed by atoms with E-state index in [1.165, 1.54) is 154 Å². The molecule has 0 aromatic rings. The molecule has 0 heterocycles. The highest BCUT2D eigenvalue weighted by Crippen LogP contribution is 2.14. The number of carbonyl (C=O) groups excluding carboxylic acids is 3. The molecule has 0 aliphatic heterocycles. The SMILES string of the molecule is CCCCCCCCCCCCCCCCNC(=O)CN(CCN(CC(=O)NCCCCCCCCCCCCCCCC)CC(=O)NCC[N+](C)(C)C)CC[N+](C)(C)C.[I-].[I-]. The fourth-order valence-corrected chi connectivity index (χ4v) is 7.61. The van der Waals surface area contributed by atoms with Crippen LogP contribution in [0.15, 0.2) is 0 Å². The van der Waals surface area contributed by atoms with Gasteiger partial charge in [-0.1, -0.05) is 181 Å². The van der Waals surface area contributed by atoms with E-state index in [4.69, 9.17) is 0 Å². The molecule has 0 rings (SSSR count). The molecule has 0 aliphatic rings. The molecule has 0 saturated heterocycles. The zero-order chi connectivity index (χ0) is 44.6. The van der Waals surface area contributed by atoms with Gasteiger partial charge in [-0.05, 0) is 12.8 Å². The summed E-state index contributed by atoms with van der Waals surface area (Å²) < 4.78 is 1.57. The standard InChI is InChI=1S/C50H103N7O3.2HI/c1-9-11-13-15-17-19-21-23-25-27-29-31-33-35-37-51-48(58)45-54(42-44-57(6,7)8)40-41-55(47-50(60)53-39-43-56(3,4)5)46-49(59)52-38-36-34-32-30-28-26-24-22-20-18-16-14-12-10-2;;/h9-47H2,1-8H3,(H-2,51,52,53,58,59,60);2*1H. The van der Waals surface area contributed by atoms with Crippen molar-refractivity contribution in [1.29, 1.82) is 0 Å². The molecule has 10 nitrogen and oxygen atoms in total. The summed E-state index contributed by atoms with van der Waals surface area (Å²) in [6, 6.07) is 0. The average molecular weight is 1110 g/mol. The van der Waals surface area contributed by atoms with Gasteiger partial charge in [-0.15, -0.1) is 0 Å². The van der Waals surface area contributed by atoms with Crippen LogP contribution in [-0.2, 0) is 14.4 Å². The highest BCUT2D eigenvalue weighted by atomic mass is 127. The zero-order valence-electron chi connectivity index (χ0n) is 42.3. The van der Waals surface area contributed by atoms with Gasteiger partial charge in [-0.3, -0.25) is 24.2 Å². The van der Waals surface area contributed by atoms with Crippen molar-refractivity contribution in [3.05, 3.63) is 0 Å². The molecule has 62 heavy (non-hydrogen) atoms. The van der Waals surface area contributed by atoms with Crippen LogP contribution in [0.3, 0.4) is 0 Å². The van der Waals surface area contributed by atoms with Gasteiger partial charge in [0.25, 0.3) is 0 Å². The second-order valence-electron chi connectivity index (χ2n) is 20.3. The zero-order valence-corrected chi connectivity index (χ0v) is 46.7. The van der Waals surface area contributed by atoms with E-state index in [1.807, 2.05) is 4.90 Å². The summed E-state index contributed by atoms with van der Waals surface area (Å²) >= 11 is 0. The summed E-state index contributed by atoms with van der Waals surface area (Å²) in [5, 5.41) is 9.36. The van der Waals surface area contributed by atoms with E-state index in [0.29, 0.717) is 32.7 Å². The maximum atomic E-state index is 13.1. The van der Waals surface area contributed by atoms with E-state index in [9.17, 15) is 14.4 Å². The molecular weight excluding hydrogens is 1000 g/mol. The van der Waals surface area contributed by atoms with Gasteiger partial charge in [0, 0.05) is 32.7 Å². The van der Waals surface area contributed by atoms with Crippen molar-refractivity contribution < 1.29 is 71.3 Å². The Bertz CT molecular complexity index is 1010. The molecule has 12 heteroatoms. The summed E-state index contributed by atoms with van der Waals surface area (Å²) in [5.41, 5.74) is 0. The highest BCUT2D eigenvalue weighted by Gasteiger charge is 2.20. The third-order valence-corrected chi connectivity index (χ3v) is 11.7. The van der Waals surface area contributed by atoms with Crippen molar-refractivity contribution in [3.8, 4) is 0 Å². The molecule has 0 fully saturated rings. The van der Waals surface area contributed by atoms with Crippen LogP contribution < -0.4 is 63.9 Å². The number of amides is 3. The molecule has 0 bridgehead atoms. The minimum absolute atomic E-state index is 0. The summed E-state index contributed by atoms with van der Waals surface area (Å²) in [4.78, 5) is 43.5. The average Bonchev–Trinajstić information content (AvgIpc) is 3.18. The molecule has 0 aromatic heterocycles. The van der Waals surface area contributed by atoms with Gasteiger partial charge < -0.3 is 72.9 Å². The van der Waals surface area contributed by atoms with E-state index in [2.05, 4.69) is 77.0 Å². The summed E-state index contributed by atoms with van der Waals surface area (Å²) in [5.74, 6) is -0.0404. The number of carbonyl (C=O) groups is 3. The van der Waals surface area contributed by atoms with E-state index < -0.39 is 0 Å². The molecule has 0 radical (unpaired) electrons. The highest BCUT2D eigenvalue weighted by molar-refractivity contribution is 5.81. The largest absolute Gasteiger partial charge is 1.00 e. The number of likely N-dealkylation sites (N-methyl/N-ethyl adjacent to an activating group) is 2. The number of halogens is 2. The van der Waals surface area contributed by atoms with Crippen molar-refractivity contribution in [2.75, 3.05) is 114 Å². The fourth-order valence-electron chi connectivity index (χ4n) is 7.61. The van der Waals surface area contributed by atoms with Crippen molar-refractivity contribution in [3.63, 3.8) is 0 Å². The van der Waals surface area contributed by atoms with Crippen LogP contribution in [0.1, 0.15) is 194 Å². The summed E-state index contributed by atoms with van der Waals surface area (Å²) in [6.45, 7) is 10.9. The predicted molar refractivity (Wildman–Crippen MR) is 258 cm³/mol. The van der Waals surface area contributed by atoms with Gasteiger partial charge in [0.1, 0.15) is 0 Å². The molecule has 372 valence electrons. The predicted octanol–water partition coefficient (Wildman–Crippen LogP) is 3.32. The normalized spacial score (nSPS) is 11.7. The van der Waals surface area contributed by atoms with Crippen LogP contribution in [0.5, 0.6) is 0 Å². The fraction of sp³-hybridized carbons (Fsp3) is 0.940. The lowest BCUT2D eigenvalue weighted by molar-refractivity contribution is -0.869. The molecule has 3 amide bonds. The quantitative estimate of drug-likeness (QED) is 0.0496. The Morgan fingerprint density at radius 2 is 0.597 bits per heavy atom. The van der Waals surface area contributed by atoms with Gasteiger partial charge in [0.15, 0.2) is 0 Å². The number of hydrogen-bond donors (Lipinski definition) is 3. The van der Waals surface area contributed by atoms with E-state index in [-0.39, 0.29) is 78.8 Å². The smallest absolute Gasteiger partial charge is 0.234 e. The number of nitrogens with zero attached hydrogens (tertiary/aromatic N) is 4. The monoisotopic (exact) mass is 1110 g/mol. The molecule has 0 atom stereocenters. The number of quaternary nitrogens is 2. The van der Waals surface area contributed by atoms with Crippen molar-refractivity contribution >= 4 is 17.7 Å². The molecule has 0 aliphatic carbocycles. The second kappa shape index (κ2) is 45.8. The van der Waals surface area contributed by atoms with Gasteiger partial charge in [0.2, 0.25) is 17.7 Å². The minimum Gasteiger partial charge on any atom is -1.00 e. The van der Waals surface area contributed by atoms with Gasteiger partial charge in [-0.25, -0.2) is 0 Å². The molecule has 3 N–H and O–H groups in total. The van der Waals surface area contributed by atoms with Crippen LogP contribution in [-0.4, -0.2) is 151 Å². The van der Waals surface area contributed by atoms with Crippen LogP contribution in [0.4, 0.5) is 0 Å². The molecular formula is C50H105I2N7O3. The van der Waals surface area contributed by atoms with Gasteiger partial charge in [0.05, 0.1) is 81.6 Å². The molecule has 0 spiro atoms. The minimum atomic E-state index is -0.0629. The third-order valence-electron chi connectivity index (χ3n) is 11.7. The first-order valence-electron chi connectivity index (χ1n) is 25.6. The molecule has 0 unspecified atom stereocenters. The first-order valence-corrected chi connectivity index (χ1v) is 25.6.